The fourth-order valence-corrected chi connectivity index (χ4v) is 5.39. The number of para-hydroxylation sites is 1. The number of allylic oxidation sites excluding steroid dienone is 1. The van der Waals surface area contributed by atoms with Gasteiger partial charge >= 0.3 is 5.97 Å². The number of carbonyl (C=O) groups excluding carboxylic acids is 2. The summed E-state index contributed by atoms with van der Waals surface area (Å²) in [5, 5.41) is 10.5. The summed E-state index contributed by atoms with van der Waals surface area (Å²) in [7, 11) is 0. The number of hydrogen-bond donors (Lipinski definition) is 3. The van der Waals surface area contributed by atoms with E-state index < -0.39 is 17.9 Å². The lowest BCUT2D eigenvalue weighted by Gasteiger charge is -2.30. The lowest BCUT2D eigenvalue weighted by Crippen LogP contribution is -2.45. The van der Waals surface area contributed by atoms with E-state index in [0.29, 0.717) is 34.3 Å². The van der Waals surface area contributed by atoms with E-state index in [2.05, 4.69) is 66.3 Å². The Balaban J connectivity index is 1.34. The maximum atomic E-state index is 12.7. The van der Waals surface area contributed by atoms with Gasteiger partial charge < -0.3 is 24.8 Å². The van der Waals surface area contributed by atoms with Gasteiger partial charge in [0.25, 0.3) is 5.91 Å². The summed E-state index contributed by atoms with van der Waals surface area (Å²) in [4.78, 5) is 25.2. The van der Waals surface area contributed by atoms with E-state index in [0.717, 1.165) is 20.4 Å². The Labute approximate surface area is 276 Å². The number of benzene rings is 3. The van der Waals surface area contributed by atoms with Crippen LogP contribution in [0.3, 0.4) is 0 Å². The lowest BCUT2D eigenvalue weighted by atomic mass is 9.95. The number of hydrogen-bond acceptors (Lipinski definition) is 7. The Kier molecular flexibility index (Phi) is 11.5. The minimum absolute atomic E-state index is 0.233. The van der Waals surface area contributed by atoms with Crippen molar-refractivity contribution < 1.29 is 23.8 Å². The highest BCUT2D eigenvalue weighted by Gasteiger charge is 2.32. The zero-order valence-corrected chi connectivity index (χ0v) is 27.9. The first-order chi connectivity index (χ1) is 20.2. The topological polar surface area (TPSA) is 110 Å². The molecule has 1 aliphatic heterocycles. The molecular weight excluding hydrogens is 782 g/mol. The van der Waals surface area contributed by atoms with Crippen LogP contribution in [-0.2, 0) is 20.9 Å². The second-order valence-corrected chi connectivity index (χ2v) is 11.8. The van der Waals surface area contributed by atoms with Crippen molar-refractivity contribution in [3.63, 3.8) is 0 Å². The zero-order chi connectivity index (χ0) is 30.1. The van der Waals surface area contributed by atoms with Crippen LogP contribution in [0, 0.1) is 7.14 Å². The summed E-state index contributed by atoms with van der Waals surface area (Å²) < 4.78 is 19.1. The molecule has 0 aliphatic carbocycles. The fraction of sp³-hybridized carbons (Fsp3) is 0.200. The maximum Gasteiger partial charge on any atom is 0.338 e. The van der Waals surface area contributed by atoms with Crippen LogP contribution in [0.1, 0.15) is 36.6 Å². The minimum Gasteiger partial charge on any atom is -0.488 e. The van der Waals surface area contributed by atoms with Crippen molar-refractivity contribution in [2.45, 2.75) is 26.5 Å². The van der Waals surface area contributed by atoms with Crippen molar-refractivity contribution in [1.29, 1.82) is 0 Å². The predicted octanol–water partition coefficient (Wildman–Crippen LogP) is 5.36. The van der Waals surface area contributed by atoms with Gasteiger partial charge in [0.05, 0.1) is 28.0 Å². The van der Waals surface area contributed by atoms with Crippen molar-refractivity contribution in [2.75, 3.05) is 13.2 Å². The second-order valence-electron chi connectivity index (χ2n) is 9.02. The molecule has 3 aromatic rings. The first kappa shape index (κ1) is 31.7. The summed E-state index contributed by atoms with van der Waals surface area (Å²) in [6.07, 6.45) is 1.55. The molecule has 42 heavy (non-hydrogen) atoms. The number of esters is 1. The molecule has 0 radical (unpaired) electrons. The van der Waals surface area contributed by atoms with E-state index in [4.69, 9.17) is 26.4 Å². The van der Waals surface area contributed by atoms with Gasteiger partial charge in [-0.05, 0) is 119 Å². The molecule has 3 aromatic carbocycles. The van der Waals surface area contributed by atoms with Gasteiger partial charge in [0.1, 0.15) is 18.1 Å². The van der Waals surface area contributed by atoms with E-state index in [-0.39, 0.29) is 13.2 Å². The van der Waals surface area contributed by atoms with Crippen LogP contribution in [-0.4, -0.2) is 36.4 Å². The summed E-state index contributed by atoms with van der Waals surface area (Å²) in [6.45, 7) is 3.92. The first-order valence-corrected chi connectivity index (χ1v) is 15.5. The van der Waals surface area contributed by atoms with E-state index in [9.17, 15) is 9.59 Å². The quantitative estimate of drug-likeness (QED) is 0.0782. The average Bonchev–Trinajstić information content (AvgIpc) is 2.96. The molecule has 218 valence electrons. The van der Waals surface area contributed by atoms with Crippen LogP contribution in [0.2, 0.25) is 0 Å². The zero-order valence-electron chi connectivity index (χ0n) is 22.8. The van der Waals surface area contributed by atoms with Crippen LogP contribution in [0.5, 0.6) is 11.5 Å². The molecule has 9 nitrogen and oxygen atoms in total. The highest BCUT2D eigenvalue weighted by atomic mass is 127. The predicted molar refractivity (Wildman–Crippen MR) is 181 cm³/mol. The molecule has 0 saturated carbocycles. The number of nitrogens with zero attached hydrogens (tertiary/aromatic N) is 1. The van der Waals surface area contributed by atoms with Gasteiger partial charge in [-0.2, -0.15) is 5.10 Å². The maximum absolute atomic E-state index is 12.7. The summed E-state index contributed by atoms with van der Waals surface area (Å²) in [6, 6.07) is 20.3. The number of nitrogens with one attached hydrogen (secondary N) is 3. The average molecular weight is 810 g/mol. The molecule has 0 aromatic heterocycles. The molecule has 1 amide bonds. The molecule has 3 N–H and O–H groups in total. The van der Waals surface area contributed by atoms with Crippen molar-refractivity contribution in [3.05, 3.63) is 102 Å². The monoisotopic (exact) mass is 810 g/mol. The Morgan fingerprint density at radius 1 is 1.05 bits per heavy atom. The highest BCUT2D eigenvalue weighted by Crippen LogP contribution is 2.33. The molecule has 1 aliphatic rings. The molecule has 0 saturated heterocycles. The Bertz CT molecular complexity index is 1530. The van der Waals surface area contributed by atoms with E-state index in [1.807, 2.05) is 48.5 Å². The van der Waals surface area contributed by atoms with Crippen molar-refractivity contribution in [3.8, 4) is 11.5 Å². The van der Waals surface area contributed by atoms with E-state index >= 15 is 0 Å². The first-order valence-electron chi connectivity index (χ1n) is 12.9. The molecule has 0 fully saturated rings. The van der Waals surface area contributed by atoms with Crippen LogP contribution in [0.25, 0.3) is 0 Å². The number of hydrazone groups is 1. The SMILES string of the molecule is CCOC(=O)C1=C(C)NC(=S)N[C@@H]1c1ccccc1OCC(=O)NN=Cc1ccc(OCc2ccc(I)cc2)c(I)c1. The van der Waals surface area contributed by atoms with E-state index in [1.165, 1.54) is 3.57 Å². The Hall–Kier alpha value is -3.24. The molecule has 1 heterocycles. The standard InChI is InChI=1S/C30H28I2N4O5S/c1-3-39-29(38)27-18(2)34-30(42)35-28(27)22-6-4-5-7-24(22)41-17-26(37)36-33-15-20-10-13-25(23(32)14-20)40-16-19-8-11-21(31)12-9-19/h4-15,28H,3,16-17H2,1-2H3,(H,36,37)(H2,34,35,42)/t28-/m1/s1. The highest BCUT2D eigenvalue weighted by molar-refractivity contribution is 14.1. The molecule has 1 atom stereocenters. The summed E-state index contributed by atoms with van der Waals surface area (Å²) in [5.41, 5.74) is 5.98. The molecular formula is C30H28I2N4O5S. The molecule has 12 heteroatoms. The number of amides is 1. The fourth-order valence-electron chi connectivity index (χ4n) is 4.07. The van der Waals surface area contributed by atoms with Gasteiger partial charge in [-0.25, -0.2) is 10.2 Å². The third-order valence-electron chi connectivity index (χ3n) is 6.02. The molecule has 0 spiro atoms. The van der Waals surface area contributed by atoms with Crippen LogP contribution >= 0.6 is 57.4 Å². The third kappa shape index (κ3) is 8.64. The minimum atomic E-state index is -0.610. The smallest absolute Gasteiger partial charge is 0.338 e. The molecule has 0 bridgehead atoms. The van der Waals surface area contributed by atoms with Crippen molar-refractivity contribution >= 4 is 80.6 Å². The number of thiocarbonyl (C=S) groups is 1. The third-order valence-corrected chi connectivity index (χ3v) is 7.80. The van der Waals surface area contributed by atoms with Crippen LogP contribution < -0.4 is 25.5 Å². The van der Waals surface area contributed by atoms with Gasteiger partial charge in [-0.1, -0.05) is 30.3 Å². The van der Waals surface area contributed by atoms with Gasteiger partial charge in [0, 0.05) is 14.8 Å². The van der Waals surface area contributed by atoms with Gasteiger partial charge in [0.2, 0.25) is 0 Å². The van der Waals surface area contributed by atoms with Crippen LogP contribution in [0.4, 0.5) is 0 Å². The normalized spacial score (nSPS) is 14.7. The number of ether oxygens (including phenoxy) is 3. The van der Waals surface area contributed by atoms with Gasteiger partial charge in [0.15, 0.2) is 11.7 Å². The van der Waals surface area contributed by atoms with Gasteiger partial charge in [-0.3, -0.25) is 4.79 Å². The lowest BCUT2D eigenvalue weighted by molar-refractivity contribution is -0.139. The van der Waals surface area contributed by atoms with E-state index in [1.54, 1.807) is 38.3 Å². The van der Waals surface area contributed by atoms with Crippen molar-refractivity contribution in [2.24, 2.45) is 5.10 Å². The Morgan fingerprint density at radius 3 is 2.55 bits per heavy atom. The summed E-state index contributed by atoms with van der Waals surface area (Å²) in [5.74, 6) is 0.273. The number of carbonyl (C=O) groups is 2. The van der Waals surface area contributed by atoms with Crippen molar-refractivity contribution in [1.82, 2.24) is 16.1 Å². The summed E-state index contributed by atoms with van der Waals surface area (Å²) >= 11 is 9.80. The number of halogens is 2. The van der Waals surface area contributed by atoms with Crippen LogP contribution in [0.15, 0.2) is 83.1 Å². The molecule has 0 unspecified atom stereocenters. The Morgan fingerprint density at radius 2 is 1.81 bits per heavy atom. The largest absolute Gasteiger partial charge is 0.488 e. The second kappa shape index (κ2) is 15.3. The van der Waals surface area contributed by atoms with Gasteiger partial charge in [-0.15, -0.1) is 0 Å². The number of rotatable bonds is 11. The molecule has 4 rings (SSSR count).